The Morgan fingerprint density at radius 2 is 2.06 bits per heavy atom. The quantitative estimate of drug-likeness (QED) is 0.798. The maximum atomic E-state index is 13.6. The molecule has 0 radical (unpaired) electrons. The summed E-state index contributed by atoms with van der Waals surface area (Å²) >= 11 is 0. The zero-order chi connectivity index (χ0) is 11.1. The van der Waals surface area contributed by atoms with Crippen molar-refractivity contribution >= 4 is 16.9 Å². The number of nitrogens with zero attached hydrogens (tertiary/aromatic N) is 2. The first-order valence-electron chi connectivity index (χ1n) is 5.47. The van der Waals surface area contributed by atoms with Crippen LogP contribution in [0.3, 0.4) is 0 Å². The fourth-order valence-electron chi connectivity index (χ4n) is 2.15. The van der Waals surface area contributed by atoms with Gasteiger partial charge in [-0.2, -0.15) is 0 Å². The Kier molecular flexibility index (Phi) is 2.02. The van der Waals surface area contributed by atoms with Crippen molar-refractivity contribution in [2.75, 3.05) is 5.73 Å². The van der Waals surface area contributed by atoms with Gasteiger partial charge in [0, 0.05) is 11.3 Å². The molecule has 0 unspecified atom stereocenters. The second-order valence-electron chi connectivity index (χ2n) is 4.23. The van der Waals surface area contributed by atoms with Crippen LogP contribution in [-0.4, -0.2) is 9.97 Å². The van der Waals surface area contributed by atoms with E-state index in [1.807, 2.05) is 6.07 Å². The summed E-state index contributed by atoms with van der Waals surface area (Å²) in [6.45, 7) is 0. The van der Waals surface area contributed by atoms with Crippen molar-refractivity contribution in [1.82, 2.24) is 9.97 Å². The van der Waals surface area contributed by atoms with Gasteiger partial charge in [-0.05, 0) is 18.9 Å². The Morgan fingerprint density at radius 3 is 2.75 bits per heavy atom. The number of aromatic nitrogens is 2. The molecule has 0 amide bonds. The lowest BCUT2D eigenvalue weighted by Crippen LogP contribution is -2.13. The predicted molar refractivity (Wildman–Crippen MR) is 60.5 cm³/mol. The number of hydrogen-bond acceptors (Lipinski definition) is 3. The van der Waals surface area contributed by atoms with Crippen LogP contribution in [0, 0.1) is 5.82 Å². The van der Waals surface area contributed by atoms with Crippen LogP contribution in [0.2, 0.25) is 0 Å². The lowest BCUT2D eigenvalue weighted by atomic mass is 9.81. The van der Waals surface area contributed by atoms with Gasteiger partial charge in [-0.3, -0.25) is 0 Å². The van der Waals surface area contributed by atoms with Crippen LogP contribution < -0.4 is 5.73 Å². The van der Waals surface area contributed by atoms with Crippen LogP contribution in [-0.2, 0) is 0 Å². The van der Waals surface area contributed by atoms with Gasteiger partial charge in [-0.25, -0.2) is 14.4 Å². The van der Waals surface area contributed by atoms with E-state index in [-0.39, 0.29) is 11.8 Å². The van der Waals surface area contributed by atoms with E-state index < -0.39 is 0 Å². The Morgan fingerprint density at radius 1 is 1.25 bits per heavy atom. The molecule has 2 aromatic rings. The standard InChI is InChI=1S/C12H12FN3/c13-9-6-2-5-8-10(7-3-1-4-7)15-12(14)16-11(8)9/h2,5-7H,1,3-4H2,(H2,14,15,16). The first kappa shape index (κ1) is 9.51. The summed E-state index contributed by atoms with van der Waals surface area (Å²) in [7, 11) is 0. The van der Waals surface area contributed by atoms with Gasteiger partial charge in [0.1, 0.15) is 11.3 Å². The molecule has 16 heavy (non-hydrogen) atoms. The molecule has 3 rings (SSSR count). The fraction of sp³-hybridized carbons (Fsp3) is 0.333. The Balaban J connectivity index is 2.29. The third-order valence-corrected chi connectivity index (χ3v) is 3.22. The van der Waals surface area contributed by atoms with Crippen molar-refractivity contribution in [3.8, 4) is 0 Å². The molecule has 1 aliphatic rings. The van der Waals surface area contributed by atoms with Gasteiger partial charge in [0.25, 0.3) is 0 Å². The van der Waals surface area contributed by atoms with Gasteiger partial charge in [0.15, 0.2) is 0 Å². The highest BCUT2D eigenvalue weighted by atomic mass is 19.1. The van der Waals surface area contributed by atoms with Crippen LogP contribution >= 0.6 is 0 Å². The maximum Gasteiger partial charge on any atom is 0.220 e. The monoisotopic (exact) mass is 217 g/mol. The highest BCUT2D eigenvalue weighted by Crippen LogP contribution is 2.38. The number of anilines is 1. The second kappa shape index (κ2) is 3.40. The van der Waals surface area contributed by atoms with Crippen molar-refractivity contribution < 1.29 is 4.39 Å². The number of fused-ring (bicyclic) bond motifs is 1. The molecule has 2 N–H and O–H groups in total. The average Bonchev–Trinajstić information content (AvgIpc) is 2.17. The molecule has 1 heterocycles. The minimum atomic E-state index is -0.327. The first-order valence-corrected chi connectivity index (χ1v) is 5.47. The molecule has 0 spiro atoms. The minimum absolute atomic E-state index is 0.166. The number of nitrogens with two attached hydrogens (primary N) is 1. The summed E-state index contributed by atoms with van der Waals surface area (Å²) < 4.78 is 13.6. The minimum Gasteiger partial charge on any atom is -0.368 e. The van der Waals surface area contributed by atoms with Crippen LogP contribution in [0.15, 0.2) is 18.2 Å². The molecule has 0 atom stereocenters. The third kappa shape index (κ3) is 1.33. The number of hydrogen-bond donors (Lipinski definition) is 1. The molecule has 82 valence electrons. The van der Waals surface area contributed by atoms with Crippen LogP contribution in [0.1, 0.15) is 30.9 Å². The van der Waals surface area contributed by atoms with Gasteiger partial charge < -0.3 is 5.73 Å². The SMILES string of the molecule is Nc1nc(C2CCC2)c2cccc(F)c2n1. The normalized spacial score (nSPS) is 16.3. The van der Waals surface area contributed by atoms with Crippen molar-refractivity contribution in [3.63, 3.8) is 0 Å². The largest absolute Gasteiger partial charge is 0.368 e. The molecule has 3 nitrogen and oxygen atoms in total. The maximum absolute atomic E-state index is 13.6. The molecule has 1 aromatic carbocycles. The molecule has 1 fully saturated rings. The van der Waals surface area contributed by atoms with E-state index in [0.717, 1.165) is 23.9 Å². The average molecular weight is 217 g/mol. The van der Waals surface area contributed by atoms with Crippen LogP contribution in [0.25, 0.3) is 10.9 Å². The molecule has 1 saturated carbocycles. The van der Waals surface area contributed by atoms with Crippen molar-refractivity contribution in [2.24, 2.45) is 0 Å². The van der Waals surface area contributed by atoms with E-state index in [1.165, 1.54) is 12.5 Å². The van der Waals surface area contributed by atoms with Gasteiger partial charge in [-0.15, -0.1) is 0 Å². The molecular weight excluding hydrogens is 205 g/mol. The summed E-state index contributed by atoms with van der Waals surface area (Å²) in [4.78, 5) is 8.23. The van der Waals surface area contributed by atoms with Gasteiger partial charge in [0.05, 0.1) is 5.69 Å². The Bertz CT molecular complexity index is 549. The van der Waals surface area contributed by atoms with Crippen LogP contribution in [0.5, 0.6) is 0 Å². The topological polar surface area (TPSA) is 51.8 Å². The highest BCUT2D eigenvalue weighted by Gasteiger charge is 2.24. The van der Waals surface area contributed by atoms with E-state index in [0.29, 0.717) is 11.4 Å². The number of rotatable bonds is 1. The van der Waals surface area contributed by atoms with E-state index in [9.17, 15) is 4.39 Å². The Labute approximate surface area is 92.5 Å². The number of para-hydroxylation sites is 1. The van der Waals surface area contributed by atoms with Crippen molar-refractivity contribution in [3.05, 3.63) is 29.7 Å². The number of nitrogen functional groups attached to an aromatic ring is 1. The van der Waals surface area contributed by atoms with Crippen molar-refractivity contribution in [1.29, 1.82) is 0 Å². The lowest BCUT2D eigenvalue weighted by molar-refractivity contribution is 0.414. The Hall–Kier alpha value is -1.71. The predicted octanol–water partition coefficient (Wildman–Crippen LogP) is 2.62. The van der Waals surface area contributed by atoms with E-state index in [4.69, 9.17) is 5.73 Å². The molecular formula is C12H12FN3. The smallest absolute Gasteiger partial charge is 0.220 e. The summed E-state index contributed by atoms with van der Waals surface area (Å²) in [6, 6.07) is 4.96. The summed E-state index contributed by atoms with van der Waals surface area (Å²) in [6.07, 6.45) is 3.44. The summed E-state index contributed by atoms with van der Waals surface area (Å²) in [5.41, 5.74) is 6.88. The third-order valence-electron chi connectivity index (χ3n) is 3.22. The molecule has 1 aromatic heterocycles. The van der Waals surface area contributed by atoms with Crippen LogP contribution in [0.4, 0.5) is 10.3 Å². The second-order valence-corrected chi connectivity index (χ2v) is 4.23. The van der Waals surface area contributed by atoms with Gasteiger partial charge in [0.2, 0.25) is 5.95 Å². The first-order chi connectivity index (χ1) is 7.75. The van der Waals surface area contributed by atoms with Gasteiger partial charge >= 0.3 is 0 Å². The fourth-order valence-corrected chi connectivity index (χ4v) is 2.15. The number of halogens is 1. The molecule has 0 bridgehead atoms. The zero-order valence-corrected chi connectivity index (χ0v) is 8.78. The molecule has 1 aliphatic carbocycles. The zero-order valence-electron chi connectivity index (χ0n) is 8.78. The number of benzene rings is 1. The van der Waals surface area contributed by atoms with E-state index in [1.54, 1.807) is 6.07 Å². The van der Waals surface area contributed by atoms with E-state index >= 15 is 0 Å². The molecule has 4 heteroatoms. The summed E-state index contributed by atoms with van der Waals surface area (Å²) in [5.74, 6) is 0.265. The van der Waals surface area contributed by atoms with Crippen molar-refractivity contribution in [2.45, 2.75) is 25.2 Å². The molecule has 0 saturated heterocycles. The van der Waals surface area contributed by atoms with E-state index in [2.05, 4.69) is 9.97 Å². The highest BCUT2D eigenvalue weighted by molar-refractivity contribution is 5.83. The summed E-state index contributed by atoms with van der Waals surface area (Å²) in [5, 5.41) is 0.805. The van der Waals surface area contributed by atoms with Gasteiger partial charge in [-0.1, -0.05) is 18.6 Å². The molecule has 0 aliphatic heterocycles. The lowest BCUT2D eigenvalue weighted by Gasteiger charge is -2.25.